The van der Waals surface area contributed by atoms with Gasteiger partial charge < -0.3 is 14.4 Å². The lowest BCUT2D eigenvalue weighted by molar-refractivity contribution is -0.385. The van der Waals surface area contributed by atoms with E-state index in [2.05, 4.69) is 4.98 Å². The smallest absolute Gasteiger partial charge is 0.338 e. The number of hydrogen-bond acceptors (Lipinski definition) is 8. The molecule has 1 amide bonds. The number of esters is 1. The summed E-state index contributed by atoms with van der Waals surface area (Å²) in [5, 5.41) is 11.5. The molecule has 2 saturated heterocycles. The molecular weight excluding hydrogens is 518 g/mol. The summed E-state index contributed by atoms with van der Waals surface area (Å²) in [5.74, 6) is 1.07. The zero-order valence-corrected chi connectivity index (χ0v) is 22.3. The predicted octanol–water partition coefficient (Wildman–Crippen LogP) is 5.67. The van der Waals surface area contributed by atoms with Gasteiger partial charge in [0.25, 0.3) is 11.6 Å². The molecule has 9 nitrogen and oxygen atoms in total. The maximum Gasteiger partial charge on any atom is 0.338 e. The molecule has 1 aromatic heterocycles. The molecule has 0 aliphatic carbocycles. The third-order valence-corrected chi connectivity index (χ3v) is 8.13. The van der Waals surface area contributed by atoms with Gasteiger partial charge in [0.2, 0.25) is 0 Å². The molecule has 0 saturated carbocycles. The molecular formula is C29H29N3O6S. The molecule has 3 heterocycles. The van der Waals surface area contributed by atoms with E-state index in [0.29, 0.717) is 34.3 Å². The normalized spacial score (nSPS) is 19.9. The number of nitro groups is 1. The highest BCUT2D eigenvalue weighted by atomic mass is 32.2. The van der Waals surface area contributed by atoms with Crippen LogP contribution in [0.2, 0.25) is 0 Å². The van der Waals surface area contributed by atoms with E-state index >= 15 is 0 Å². The standard InChI is InChI=1S/C29H29N3O6S/c1-2-37-29(34)21-7-12-25(13-8-21)38-26-15-22-9-10-23(16-26)31(22)28(33)20-5-3-19(4-6-20)18-39-27-14-11-24(17-30-27)32(35)36/h3-8,11-14,17,22-23,26H,2,9-10,15-16,18H2,1H3/t22-,23+,26?. The van der Waals surface area contributed by atoms with Crippen molar-refractivity contribution in [3.05, 3.63) is 93.7 Å². The van der Waals surface area contributed by atoms with Crippen LogP contribution >= 0.6 is 11.8 Å². The Morgan fingerprint density at radius 1 is 1.00 bits per heavy atom. The van der Waals surface area contributed by atoms with Crippen LogP contribution in [-0.4, -0.2) is 51.5 Å². The van der Waals surface area contributed by atoms with E-state index < -0.39 is 4.92 Å². The van der Waals surface area contributed by atoms with E-state index in [0.717, 1.165) is 31.2 Å². The third-order valence-electron chi connectivity index (χ3n) is 7.11. The minimum absolute atomic E-state index is 0.0208. The van der Waals surface area contributed by atoms with Crippen LogP contribution in [0.3, 0.4) is 0 Å². The lowest BCUT2D eigenvalue weighted by Crippen LogP contribution is -2.49. The number of nitrogens with zero attached hydrogens (tertiary/aromatic N) is 3. The molecule has 3 aromatic rings. The van der Waals surface area contributed by atoms with Crippen molar-refractivity contribution < 1.29 is 24.0 Å². The van der Waals surface area contributed by atoms with Crippen molar-refractivity contribution in [1.82, 2.24) is 9.88 Å². The van der Waals surface area contributed by atoms with Crippen LogP contribution in [-0.2, 0) is 10.5 Å². The highest BCUT2D eigenvalue weighted by molar-refractivity contribution is 7.98. The van der Waals surface area contributed by atoms with Gasteiger partial charge in [-0.2, -0.15) is 0 Å². The fraction of sp³-hybridized carbons (Fsp3) is 0.345. The number of carbonyl (C=O) groups is 2. The Morgan fingerprint density at radius 2 is 1.67 bits per heavy atom. The van der Waals surface area contributed by atoms with Crippen molar-refractivity contribution in [1.29, 1.82) is 0 Å². The number of rotatable bonds is 9. The average molecular weight is 548 g/mol. The van der Waals surface area contributed by atoms with Gasteiger partial charge in [-0.1, -0.05) is 12.1 Å². The number of ether oxygens (including phenoxy) is 2. The van der Waals surface area contributed by atoms with Crippen LogP contribution in [0.5, 0.6) is 5.75 Å². The minimum atomic E-state index is -0.466. The van der Waals surface area contributed by atoms with Gasteiger partial charge in [-0.15, -0.1) is 11.8 Å². The highest BCUT2D eigenvalue weighted by Crippen LogP contribution is 2.38. The van der Waals surface area contributed by atoms with Crippen LogP contribution in [0.1, 0.15) is 58.9 Å². The van der Waals surface area contributed by atoms with Crippen LogP contribution < -0.4 is 4.74 Å². The lowest BCUT2D eigenvalue weighted by atomic mass is 9.98. The minimum Gasteiger partial charge on any atom is -0.490 e. The van der Waals surface area contributed by atoms with Crippen LogP contribution in [0.15, 0.2) is 71.9 Å². The Labute approximate surface area is 230 Å². The summed E-state index contributed by atoms with van der Waals surface area (Å²) in [7, 11) is 0. The van der Waals surface area contributed by atoms with Crippen LogP contribution in [0.25, 0.3) is 0 Å². The number of thioether (sulfide) groups is 1. The zero-order valence-electron chi connectivity index (χ0n) is 21.5. The van der Waals surface area contributed by atoms with E-state index in [9.17, 15) is 19.7 Å². The van der Waals surface area contributed by atoms with Crippen LogP contribution in [0.4, 0.5) is 5.69 Å². The summed E-state index contributed by atoms with van der Waals surface area (Å²) >= 11 is 1.49. The van der Waals surface area contributed by atoms with Crippen LogP contribution in [0, 0.1) is 10.1 Å². The number of amides is 1. The molecule has 5 rings (SSSR count). The summed E-state index contributed by atoms with van der Waals surface area (Å²) in [6, 6.07) is 18.0. The SMILES string of the molecule is CCOC(=O)c1ccc(OC2C[C@H]3CC[C@@H](C2)N3C(=O)c2ccc(CSc3ccc([N+](=O)[O-])cn3)cc2)cc1. The summed E-state index contributed by atoms with van der Waals surface area (Å²) in [4.78, 5) is 41.8. The monoisotopic (exact) mass is 547 g/mol. The number of benzene rings is 2. The van der Waals surface area contributed by atoms with Gasteiger partial charge in [0.15, 0.2) is 0 Å². The Kier molecular flexibility index (Phi) is 8.11. The number of aromatic nitrogens is 1. The van der Waals surface area contributed by atoms with Crippen molar-refractivity contribution in [3.8, 4) is 5.75 Å². The van der Waals surface area contributed by atoms with Gasteiger partial charge in [-0.05, 0) is 67.8 Å². The van der Waals surface area contributed by atoms with Gasteiger partial charge in [-0.3, -0.25) is 14.9 Å². The van der Waals surface area contributed by atoms with Crippen molar-refractivity contribution in [2.24, 2.45) is 0 Å². The molecule has 10 heteroatoms. The highest BCUT2D eigenvalue weighted by Gasteiger charge is 2.44. The predicted molar refractivity (Wildman–Crippen MR) is 146 cm³/mol. The van der Waals surface area contributed by atoms with Gasteiger partial charge >= 0.3 is 5.97 Å². The number of carbonyl (C=O) groups excluding carboxylic acids is 2. The van der Waals surface area contributed by atoms with Crippen molar-refractivity contribution in [2.45, 2.75) is 61.6 Å². The second kappa shape index (κ2) is 11.9. The average Bonchev–Trinajstić information content (AvgIpc) is 3.22. The molecule has 2 bridgehead atoms. The number of hydrogen-bond donors (Lipinski definition) is 0. The topological polar surface area (TPSA) is 112 Å². The van der Waals surface area contributed by atoms with E-state index in [-0.39, 0.29) is 35.8 Å². The Balaban J connectivity index is 1.15. The lowest BCUT2D eigenvalue weighted by Gasteiger charge is -2.39. The summed E-state index contributed by atoms with van der Waals surface area (Å²) in [5.41, 5.74) is 2.18. The Morgan fingerprint density at radius 3 is 2.26 bits per heavy atom. The first-order valence-electron chi connectivity index (χ1n) is 13.0. The molecule has 2 aliphatic heterocycles. The maximum absolute atomic E-state index is 13.4. The first-order chi connectivity index (χ1) is 18.9. The molecule has 202 valence electrons. The molecule has 0 radical (unpaired) electrons. The summed E-state index contributed by atoms with van der Waals surface area (Å²) < 4.78 is 11.3. The van der Waals surface area contributed by atoms with Gasteiger partial charge in [0, 0.05) is 42.3 Å². The molecule has 39 heavy (non-hydrogen) atoms. The number of piperidine rings is 1. The van der Waals surface area contributed by atoms with Gasteiger partial charge in [0.05, 0.1) is 22.1 Å². The molecule has 2 aromatic carbocycles. The molecule has 1 unspecified atom stereocenters. The van der Waals surface area contributed by atoms with Gasteiger partial charge in [0.1, 0.15) is 18.1 Å². The van der Waals surface area contributed by atoms with E-state index in [1.54, 1.807) is 37.3 Å². The maximum atomic E-state index is 13.4. The Bertz CT molecular complexity index is 1320. The quantitative estimate of drug-likeness (QED) is 0.146. The second-order valence-corrected chi connectivity index (χ2v) is 10.6. The fourth-order valence-electron chi connectivity index (χ4n) is 5.25. The largest absolute Gasteiger partial charge is 0.490 e. The van der Waals surface area contributed by atoms with E-state index in [1.165, 1.54) is 24.0 Å². The van der Waals surface area contributed by atoms with Gasteiger partial charge in [-0.25, -0.2) is 9.78 Å². The van der Waals surface area contributed by atoms with Crippen molar-refractivity contribution in [2.75, 3.05) is 6.61 Å². The summed E-state index contributed by atoms with van der Waals surface area (Å²) in [6.07, 6.45) is 4.77. The number of pyridine rings is 1. The van der Waals surface area contributed by atoms with Crippen molar-refractivity contribution in [3.63, 3.8) is 0 Å². The van der Waals surface area contributed by atoms with E-state index in [4.69, 9.17) is 9.47 Å². The molecule has 2 fully saturated rings. The Hall–Kier alpha value is -3.92. The zero-order chi connectivity index (χ0) is 27.4. The molecule has 2 aliphatic rings. The second-order valence-electron chi connectivity index (χ2n) is 9.65. The molecule has 0 N–H and O–H groups in total. The third kappa shape index (κ3) is 6.22. The first kappa shape index (κ1) is 26.7. The number of fused-ring (bicyclic) bond motifs is 2. The summed E-state index contributed by atoms with van der Waals surface area (Å²) in [6.45, 7) is 2.11. The molecule has 0 spiro atoms. The fourth-order valence-corrected chi connectivity index (χ4v) is 6.05. The van der Waals surface area contributed by atoms with Crippen molar-refractivity contribution >= 4 is 29.3 Å². The van der Waals surface area contributed by atoms with E-state index in [1.807, 2.05) is 29.2 Å². The first-order valence-corrected chi connectivity index (χ1v) is 14.0. The molecule has 3 atom stereocenters.